The van der Waals surface area contributed by atoms with Gasteiger partial charge in [-0.3, -0.25) is 4.79 Å². The van der Waals surface area contributed by atoms with Crippen LogP contribution in [0.25, 0.3) is 0 Å². The number of aliphatic carboxylic acids is 1. The largest absolute Gasteiger partial charge is 0.492 e. The minimum atomic E-state index is -0.788. The molecule has 28 heavy (non-hydrogen) atoms. The van der Waals surface area contributed by atoms with E-state index in [2.05, 4.69) is 15.3 Å². The SMILES string of the molecule is O=C(O)CC(Cc1ccc(OCCNc2ncccn2)cc1)c1ccccc1. The smallest absolute Gasteiger partial charge is 0.303 e. The Kier molecular flexibility index (Phi) is 6.95. The summed E-state index contributed by atoms with van der Waals surface area (Å²) in [6.07, 6.45) is 4.14. The number of hydrogen-bond acceptors (Lipinski definition) is 5. The van der Waals surface area contributed by atoms with Crippen LogP contribution in [-0.2, 0) is 11.2 Å². The van der Waals surface area contributed by atoms with Gasteiger partial charge in [-0.15, -0.1) is 0 Å². The average Bonchev–Trinajstić information content (AvgIpc) is 2.73. The lowest BCUT2D eigenvalue weighted by Crippen LogP contribution is -2.13. The molecule has 3 aromatic rings. The predicted molar refractivity (Wildman–Crippen MR) is 108 cm³/mol. The number of ether oxygens (including phenoxy) is 1. The van der Waals surface area contributed by atoms with Gasteiger partial charge in [-0.1, -0.05) is 42.5 Å². The molecule has 0 aliphatic carbocycles. The zero-order valence-electron chi connectivity index (χ0n) is 15.5. The lowest BCUT2D eigenvalue weighted by molar-refractivity contribution is -0.137. The number of rotatable bonds is 10. The first-order valence-corrected chi connectivity index (χ1v) is 9.20. The van der Waals surface area contributed by atoms with Crippen molar-refractivity contribution < 1.29 is 14.6 Å². The van der Waals surface area contributed by atoms with Crippen molar-refractivity contribution >= 4 is 11.9 Å². The quantitative estimate of drug-likeness (QED) is 0.523. The van der Waals surface area contributed by atoms with Gasteiger partial charge in [-0.25, -0.2) is 9.97 Å². The van der Waals surface area contributed by atoms with Gasteiger partial charge in [0, 0.05) is 12.4 Å². The Hall–Kier alpha value is -3.41. The number of anilines is 1. The van der Waals surface area contributed by atoms with Gasteiger partial charge in [0.15, 0.2) is 0 Å². The second-order valence-electron chi connectivity index (χ2n) is 6.40. The van der Waals surface area contributed by atoms with Crippen LogP contribution < -0.4 is 10.1 Å². The summed E-state index contributed by atoms with van der Waals surface area (Å²) in [4.78, 5) is 19.4. The molecule has 0 saturated heterocycles. The van der Waals surface area contributed by atoms with E-state index in [1.165, 1.54) is 0 Å². The Bertz CT molecular complexity index is 855. The molecular weight excluding hydrogens is 354 g/mol. The van der Waals surface area contributed by atoms with Crippen molar-refractivity contribution in [1.82, 2.24) is 9.97 Å². The van der Waals surface area contributed by atoms with E-state index in [4.69, 9.17) is 4.74 Å². The Labute approximate surface area is 164 Å². The van der Waals surface area contributed by atoms with Crippen LogP contribution in [0.5, 0.6) is 5.75 Å². The number of carboxylic acid groups (broad SMARTS) is 1. The Morgan fingerprint density at radius 3 is 2.39 bits per heavy atom. The fourth-order valence-corrected chi connectivity index (χ4v) is 2.97. The van der Waals surface area contributed by atoms with Gasteiger partial charge in [0.1, 0.15) is 12.4 Å². The number of benzene rings is 2. The molecule has 0 aliphatic heterocycles. The van der Waals surface area contributed by atoms with Crippen LogP contribution >= 0.6 is 0 Å². The Morgan fingerprint density at radius 1 is 1.00 bits per heavy atom. The van der Waals surface area contributed by atoms with E-state index in [0.717, 1.165) is 16.9 Å². The fraction of sp³-hybridized carbons (Fsp3) is 0.227. The normalized spacial score (nSPS) is 11.6. The highest BCUT2D eigenvalue weighted by Gasteiger charge is 2.16. The van der Waals surface area contributed by atoms with Gasteiger partial charge in [-0.05, 0) is 41.7 Å². The lowest BCUT2D eigenvalue weighted by atomic mass is 9.89. The molecule has 6 nitrogen and oxygen atoms in total. The predicted octanol–water partition coefficient (Wildman–Crippen LogP) is 3.77. The number of carboxylic acids is 1. The number of carbonyl (C=O) groups is 1. The van der Waals surface area contributed by atoms with Gasteiger partial charge in [-0.2, -0.15) is 0 Å². The van der Waals surface area contributed by atoms with Crippen molar-refractivity contribution in [3.05, 3.63) is 84.2 Å². The number of nitrogens with zero attached hydrogens (tertiary/aromatic N) is 2. The van der Waals surface area contributed by atoms with Crippen LogP contribution in [0.1, 0.15) is 23.5 Å². The van der Waals surface area contributed by atoms with Gasteiger partial charge in [0.25, 0.3) is 0 Å². The first-order valence-electron chi connectivity index (χ1n) is 9.20. The molecule has 0 spiro atoms. The zero-order valence-corrected chi connectivity index (χ0v) is 15.5. The second kappa shape index (κ2) is 10.1. The summed E-state index contributed by atoms with van der Waals surface area (Å²) in [7, 11) is 0. The van der Waals surface area contributed by atoms with Crippen molar-refractivity contribution in [2.45, 2.75) is 18.8 Å². The van der Waals surface area contributed by atoms with Crippen LogP contribution in [0, 0.1) is 0 Å². The Balaban J connectivity index is 1.52. The summed E-state index contributed by atoms with van der Waals surface area (Å²) in [6, 6.07) is 19.3. The highest BCUT2D eigenvalue weighted by Crippen LogP contribution is 2.25. The summed E-state index contributed by atoms with van der Waals surface area (Å²) in [5.74, 6) is 0.505. The lowest BCUT2D eigenvalue weighted by Gasteiger charge is -2.16. The van der Waals surface area contributed by atoms with Crippen molar-refractivity contribution in [2.75, 3.05) is 18.5 Å². The molecule has 0 radical (unpaired) electrons. The van der Waals surface area contributed by atoms with Gasteiger partial charge >= 0.3 is 5.97 Å². The first-order chi connectivity index (χ1) is 13.7. The molecule has 2 N–H and O–H groups in total. The van der Waals surface area contributed by atoms with E-state index in [1.54, 1.807) is 18.5 Å². The Morgan fingerprint density at radius 2 is 1.71 bits per heavy atom. The molecule has 0 aliphatic rings. The molecule has 0 saturated carbocycles. The van der Waals surface area contributed by atoms with E-state index < -0.39 is 5.97 Å². The molecule has 3 rings (SSSR count). The minimum Gasteiger partial charge on any atom is -0.492 e. The summed E-state index contributed by atoms with van der Waals surface area (Å²) in [6.45, 7) is 1.09. The van der Waals surface area contributed by atoms with Crippen molar-refractivity contribution in [3.63, 3.8) is 0 Å². The molecule has 2 aromatic carbocycles. The molecule has 0 bridgehead atoms. The minimum absolute atomic E-state index is 0.0551. The molecule has 6 heteroatoms. The number of nitrogens with one attached hydrogen (secondary N) is 1. The standard InChI is InChI=1S/C22H23N3O3/c26-21(27)16-19(18-5-2-1-3-6-18)15-17-7-9-20(10-8-17)28-14-13-25-22-23-11-4-12-24-22/h1-12,19H,13-16H2,(H,26,27)(H,23,24,25). The summed E-state index contributed by atoms with van der Waals surface area (Å²) < 4.78 is 5.72. The number of aromatic nitrogens is 2. The third-order valence-electron chi connectivity index (χ3n) is 4.32. The van der Waals surface area contributed by atoms with E-state index in [9.17, 15) is 9.90 Å². The third kappa shape index (κ3) is 6.09. The van der Waals surface area contributed by atoms with E-state index in [0.29, 0.717) is 25.5 Å². The topological polar surface area (TPSA) is 84.3 Å². The third-order valence-corrected chi connectivity index (χ3v) is 4.32. The maximum Gasteiger partial charge on any atom is 0.303 e. The summed E-state index contributed by atoms with van der Waals surface area (Å²) in [5.41, 5.74) is 2.12. The highest BCUT2D eigenvalue weighted by atomic mass is 16.5. The molecular formula is C22H23N3O3. The molecule has 1 heterocycles. The van der Waals surface area contributed by atoms with E-state index >= 15 is 0 Å². The average molecular weight is 377 g/mol. The summed E-state index contributed by atoms with van der Waals surface area (Å²) >= 11 is 0. The van der Waals surface area contributed by atoms with Crippen LogP contribution in [0.4, 0.5) is 5.95 Å². The molecule has 144 valence electrons. The fourth-order valence-electron chi connectivity index (χ4n) is 2.97. The molecule has 1 aromatic heterocycles. The zero-order chi connectivity index (χ0) is 19.6. The van der Waals surface area contributed by atoms with Crippen LogP contribution in [0.2, 0.25) is 0 Å². The van der Waals surface area contributed by atoms with Gasteiger partial charge < -0.3 is 15.2 Å². The van der Waals surface area contributed by atoms with E-state index in [-0.39, 0.29) is 12.3 Å². The summed E-state index contributed by atoms with van der Waals surface area (Å²) in [5, 5.41) is 12.3. The van der Waals surface area contributed by atoms with E-state index in [1.807, 2.05) is 54.6 Å². The van der Waals surface area contributed by atoms with Crippen LogP contribution in [0.15, 0.2) is 73.1 Å². The molecule has 1 unspecified atom stereocenters. The van der Waals surface area contributed by atoms with Gasteiger partial charge in [0.05, 0.1) is 13.0 Å². The van der Waals surface area contributed by atoms with Crippen molar-refractivity contribution in [1.29, 1.82) is 0 Å². The second-order valence-corrected chi connectivity index (χ2v) is 6.40. The number of hydrogen-bond donors (Lipinski definition) is 2. The maximum atomic E-state index is 11.2. The van der Waals surface area contributed by atoms with Gasteiger partial charge in [0.2, 0.25) is 5.95 Å². The molecule has 0 fully saturated rings. The molecule has 0 amide bonds. The monoisotopic (exact) mass is 377 g/mol. The highest BCUT2D eigenvalue weighted by molar-refractivity contribution is 5.68. The van der Waals surface area contributed by atoms with Crippen LogP contribution in [0.3, 0.4) is 0 Å². The van der Waals surface area contributed by atoms with Crippen LogP contribution in [-0.4, -0.2) is 34.2 Å². The molecule has 1 atom stereocenters. The van der Waals surface area contributed by atoms with Crippen molar-refractivity contribution in [3.8, 4) is 5.75 Å². The first kappa shape index (κ1) is 19.4. The van der Waals surface area contributed by atoms with Crippen molar-refractivity contribution in [2.24, 2.45) is 0 Å². The maximum absolute atomic E-state index is 11.2.